The number of hydrogen-bond acceptors (Lipinski definition) is 6. The minimum atomic E-state index is 0.684. The molecule has 2 heterocycles. The highest BCUT2D eigenvalue weighted by atomic mass is 32.1. The number of aromatic nitrogens is 2. The van der Waals surface area contributed by atoms with Gasteiger partial charge in [-0.1, -0.05) is 11.4 Å². The van der Waals surface area contributed by atoms with Crippen molar-refractivity contribution in [2.45, 2.75) is 32.4 Å². The van der Waals surface area contributed by atoms with E-state index in [0.29, 0.717) is 6.04 Å². The molecule has 1 unspecified atom stereocenters. The van der Waals surface area contributed by atoms with Gasteiger partial charge in [0.05, 0.1) is 0 Å². The van der Waals surface area contributed by atoms with Crippen molar-refractivity contribution in [2.24, 2.45) is 0 Å². The van der Waals surface area contributed by atoms with Crippen LogP contribution < -0.4 is 5.32 Å². The first-order valence-corrected chi connectivity index (χ1v) is 7.42. The van der Waals surface area contributed by atoms with Crippen LogP contribution in [0.2, 0.25) is 0 Å². The Labute approximate surface area is 113 Å². The lowest BCUT2D eigenvalue weighted by Gasteiger charge is -2.20. The van der Waals surface area contributed by atoms with Crippen LogP contribution in [0, 0.1) is 0 Å². The second kappa shape index (κ2) is 6.45. The molecule has 0 spiro atoms. The molecule has 1 N–H and O–H groups in total. The van der Waals surface area contributed by atoms with E-state index in [1.807, 2.05) is 0 Å². The van der Waals surface area contributed by atoms with Gasteiger partial charge < -0.3 is 10.2 Å². The molecule has 0 radical (unpaired) electrons. The zero-order chi connectivity index (χ0) is 13.0. The third-order valence-corrected chi connectivity index (χ3v) is 4.17. The Morgan fingerprint density at radius 3 is 3.00 bits per heavy atom. The van der Waals surface area contributed by atoms with E-state index < -0.39 is 0 Å². The smallest absolute Gasteiger partial charge is 0.134 e. The Hall–Kier alpha value is -0.720. The Morgan fingerprint density at radius 1 is 1.50 bits per heavy atom. The molecule has 1 aliphatic rings. The first kappa shape index (κ1) is 13.7. The number of anilines is 1. The standard InChI is InChI=1S/C12H23N5S/c1-4-6-13-12-11(14-15-18-12)9-17-7-5-10(8-17)16(2)3/h10,13H,4-9H2,1-3H3. The van der Waals surface area contributed by atoms with Gasteiger partial charge in [0.2, 0.25) is 0 Å². The van der Waals surface area contributed by atoms with Crippen molar-refractivity contribution < 1.29 is 0 Å². The van der Waals surface area contributed by atoms with Crippen molar-refractivity contribution in [3.63, 3.8) is 0 Å². The summed E-state index contributed by atoms with van der Waals surface area (Å²) in [6.45, 7) is 6.39. The fraction of sp³-hybridized carbons (Fsp3) is 0.833. The van der Waals surface area contributed by atoms with Crippen LogP contribution >= 0.6 is 11.5 Å². The Kier molecular flexibility index (Phi) is 4.91. The number of likely N-dealkylation sites (N-methyl/N-ethyl adjacent to an activating group) is 1. The number of nitrogens with zero attached hydrogens (tertiary/aromatic N) is 4. The first-order chi connectivity index (χ1) is 8.70. The molecular formula is C12H23N5S. The van der Waals surface area contributed by atoms with Crippen LogP contribution in [-0.2, 0) is 6.54 Å². The second-order valence-electron chi connectivity index (χ2n) is 5.12. The minimum Gasteiger partial charge on any atom is -0.374 e. The van der Waals surface area contributed by atoms with Gasteiger partial charge in [-0.2, -0.15) is 0 Å². The third-order valence-electron chi connectivity index (χ3n) is 3.44. The fourth-order valence-electron chi connectivity index (χ4n) is 2.27. The van der Waals surface area contributed by atoms with Crippen molar-refractivity contribution in [1.29, 1.82) is 0 Å². The SMILES string of the molecule is CCCNc1snnc1CN1CCC(N(C)C)C1. The molecule has 1 aliphatic heterocycles. The molecule has 1 saturated heterocycles. The highest BCUT2D eigenvalue weighted by Crippen LogP contribution is 2.22. The van der Waals surface area contributed by atoms with Crippen molar-refractivity contribution >= 4 is 16.5 Å². The number of hydrogen-bond donors (Lipinski definition) is 1. The van der Waals surface area contributed by atoms with Crippen LogP contribution in [0.1, 0.15) is 25.5 Å². The van der Waals surface area contributed by atoms with E-state index in [1.54, 1.807) is 0 Å². The summed E-state index contributed by atoms with van der Waals surface area (Å²) in [7, 11) is 4.32. The van der Waals surface area contributed by atoms with Crippen molar-refractivity contribution in [3.05, 3.63) is 5.69 Å². The van der Waals surface area contributed by atoms with E-state index in [9.17, 15) is 0 Å². The minimum absolute atomic E-state index is 0.684. The highest BCUT2D eigenvalue weighted by molar-refractivity contribution is 7.10. The molecule has 2 rings (SSSR count). The largest absolute Gasteiger partial charge is 0.374 e. The Morgan fingerprint density at radius 2 is 2.33 bits per heavy atom. The van der Waals surface area contributed by atoms with E-state index in [4.69, 9.17) is 0 Å². The molecular weight excluding hydrogens is 246 g/mol. The van der Waals surface area contributed by atoms with E-state index >= 15 is 0 Å². The molecule has 102 valence electrons. The number of rotatable bonds is 6. The van der Waals surface area contributed by atoms with E-state index in [-0.39, 0.29) is 0 Å². The Balaban J connectivity index is 1.88. The lowest BCUT2D eigenvalue weighted by molar-refractivity contribution is 0.263. The van der Waals surface area contributed by atoms with Crippen LogP contribution in [0.25, 0.3) is 0 Å². The molecule has 0 aromatic carbocycles. The van der Waals surface area contributed by atoms with Gasteiger partial charge in [0.25, 0.3) is 0 Å². The molecule has 1 atom stereocenters. The first-order valence-electron chi connectivity index (χ1n) is 6.64. The van der Waals surface area contributed by atoms with Crippen LogP contribution in [0.3, 0.4) is 0 Å². The zero-order valence-corrected chi connectivity index (χ0v) is 12.3. The quantitative estimate of drug-likeness (QED) is 0.848. The highest BCUT2D eigenvalue weighted by Gasteiger charge is 2.25. The number of nitrogens with one attached hydrogen (secondary N) is 1. The van der Waals surface area contributed by atoms with Gasteiger partial charge in [0.1, 0.15) is 10.7 Å². The maximum Gasteiger partial charge on any atom is 0.134 e. The summed E-state index contributed by atoms with van der Waals surface area (Å²) < 4.78 is 4.06. The normalized spacial score (nSPS) is 20.8. The zero-order valence-electron chi connectivity index (χ0n) is 11.5. The summed E-state index contributed by atoms with van der Waals surface area (Å²) in [6, 6.07) is 0.684. The van der Waals surface area contributed by atoms with Crippen LogP contribution in [0.15, 0.2) is 0 Å². The molecule has 18 heavy (non-hydrogen) atoms. The molecule has 0 saturated carbocycles. The van der Waals surface area contributed by atoms with E-state index in [1.165, 1.54) is 18.0 Å². The molecule has 0 amide bonds. The van der Waals surface area contributed by atoms with Crippen molar-refractivity contribution in [1.82, 2.24) is 19.4 Å². The molecule has 1 aromatic rings. The summed E-state index contributed by atoms with van der Waals surface area (Å²) in [5, 5.41) is 8.80. The maximum absolute atomic E-state index is 4.25. The third kappa shape index (κ3) is 3.40. The number of likely N-dealkylation sites (tertiary alicyclic amines) is 1. The van der Waals surface area contributed by atoms with Crippen molar-refractivity contribution in [3.8, 4) is 0 Å². The molecule has 1 aromatic heterocycles. The van der Waals surface area contributed by atoms with Gasteiger partial charge >= 0.3 is 0 Å². The van der Waals surface area contributed by atoms with Gasteiger partial charge in [-0.25, -0.2) is 0 Å². The Bertz CT molecular complexity index is 365. The van der Waals surface area contributed by atoms with Gasteiger partial charge in [-0.3, -0.25) is 4.90 Å². The van der Waals surface area contributed by atoms with Crippen LogP contribution in [0.4, 0.5) is 5.00 Å². The predicted octanol–water partition coefficient (Wildman–Crippen LogP) is 1.50. The summed E-state index contributed by atoms with van der Waals surface area (Å²) >= 11 is 1.47. The summed E-state index contributed by atoms with van der Waals surface area (Å²) in [6.07, 6.45) is 2.38. The van der Waals surface area contributed by atoms with Gasteiger partial charge in [-0.15, -0.1) is 5.10 Å². The van der Waals surface area contributed by atoms with Gasteiger partial charge in [0.15, 0.2) is 0 Å². The predicted molar refractivity (Wildman–Crippen MR) is 76.1 cm³/mol. The molecule has 6 heteroatoms. The lowest BCUT2D eigenvalue weighted by atomic mass is 10.2. The molecule has 0 aliphatic carbocycles. The molecule has 5 nitrogen and oxygen atoms in total. The van der Waals surface area contributed by atoms with Gasteiger partial charge in [-0.05, 0) is 26.9 Å². The monoisotopic (exact) mass is 269 g/mol. The fourth-order valence-corrected chi connectivity index (χ4v) is 2.87. The maximum atomic E-state index is 4.25. The molecule has 1 fully saturated rings. The molecule has 0 bridgehead atoms. The average Bonchev–Trinajstić information content (AvgIpc) is 2.96. The topological polar surface area (TPSA) is 44.3 Å². The average molecular weight is 269 g/mol. The van der Waals surface area contributed by atoms with Crippen molar-refractivity contribution in [2.75, 3.05) is 39.0 Å². The van der Waals surface area contributed by atoms with Crippen LogP contribution in [0.5, 0.6) is 0 Å². The summed E-state index contributed by atoms with van der Waals surface area (Å²) in [5.41, 5.74) is 1.10. The van der Waals surface area contributed by atoms with Crippen LogP contribution in [-0.4, -0.2) is 59.2 Å². The van der Waals surface area contributed by atoms with E-state index in [2.05, 4.69) is 45.7 Å². The second-order valence-corrected chi connectivity index (χ2v) is 5.87. The van der Waals surface area contributed by atoms with Gasteiger partial charge in [0, 0.05) is 43.8 Å². The summed E-state index contributed by atoms with van der Waals surface area (Å²) in [5.74, 6) is 0. The summed E-state index contributed by atoms with van der Waals surface area (Å²) in [4.78, 5) is 4.79. The van der Waals surface area contributed by atoms with E-state index in [0.717, 1.165) is 43.3 Å². The lowest BCUT2D eigenvalue weighted by Crippen LogP contribution is -2.31.